The highest BCUT2D eigenvalue weighted by Gasteiger charge is 2.36. The minimum Gasteiger partial charge on any atom is -0.493 e. The first-order chi connectivity index (χ1) is 16.2. The first kappa shape index (κ1) is 25.1. The lowest BCUT2D eigenvalue weighted by molar-refractivity contribution is -0.139. The topological polar surface area (TPSA) is 120 Å². The molecule has 34 heavy (non-hydrogen) atoms. The second-order valence-corrected chi connectivity index (χ2v) is 9.55. The number of esters is 1. The molecule has 2 amide bonds. The van der Waals surface area contributed by atoms with E-state index in [0.29, 0.717) is 23.7 Å². The van der Waals surface area contributed by atoms with E-state index >= 15 is 0 Å². The molecule has 182 valence electrons. The van der Waals surface area contributed by atoms with E-state index in [1.54, 1.807) is 37.3 Å². The quantitative estimate of drug-likeness (QED) is 0.521. The Balaban J connectivity index is 2.10. The number of ether oxygens (including phenoxy) is 3. The summed E-state index contributed by atoms with van der Waals surface area (Å²) < 4.78 is 42.4. The molecule has 0 unspecified atom stereocenters. The Bertz CT molecular complexity index is 1200. The zero-order valence-corrected chi connectivity index (χ0v) is 20.3. The third-order valence-corrected chi connectivity index (χ3v) is 6.84. The predicted molar refractivity (Wildman–Crippen MR) is 125 cm³/mol. The number of hydrogen-bond donors (Lipinski definition) is 2. The van der Waals surface area contributed by atoms with Gasteiger partial charge in [0.2, 0.25) is 0 Å². The van der Waals surface area contributed by atoms with Gasteiger partial charge in [0.1, 0.15) is 0 Å². The average Bonchev–Trinajstić information content (AvgIpc) is 2.79. The van der Waals surface area contributed by atoms with Gasteiger partial charge in [-0.3, -0.25) is 0 Å². The van der Waals surface area contributed by atoms with Crippen LogP contribution in [0.1, 0.15) is 31.0 Å². The van der Waals surface area contributed by atoms with Gasteiger partial charge in [0.25, 0.3) is 0 Å². The standard InChI is InChI=1S/C24H28N2O7S/c1-5-32-19-12-9-16(13-20(19)31-4)22-21(23(27)33-6-2)18(25-24(28)26-22)14-34(29,30)17-10-7-15(3)8-11-17/h7-13,22H,5-6,14H2,1-4H3,(H2,25,26,28)/t22-/m0/s1. The van der Waals surface area contributed by atoms with Crippen molar-refractivity contribution in [2.24, 2.45) is 0 Å². The van der Waals surface area contributed by atoms with Crippen molar-refractivity contribution in [1.29, 1.82) is 0 Å². The van der Waals surface area contributed by atoms with Gasteiger partial charge >= 0.3 is 12.0 Å². The van der Waals surface area contributed by atoms with Gasteiger partial charge in [-0.05, 0) is 50.6 Å². The lowest BCUT2D eigenvalue weighted by atomic mass is 9.95. The van der Waals surface area contributed by atoms with E-state index in [-0.39, 0.29) is 22.8 Å². The van der Waals surface area contributed by atoms with Crippen LogP contribution in [0.4, 0.5) is 4.79 Å². The van der Waals surface area contributed by atoms with Crippen LogP contribution in [0.2, 0.25) is 0 Å². The lowest BCUT2D eigenvalue weighted by Gasteiger charge is -2.29. The number of amides is 2. The summed E-state index contributed by atoms with van der Waals surface area (Å²) in [5.41, 5.74) is 1.37. The van der Waals surface area contributed by atoms with E-state index in [1.165, 1.54) is 19.2 Å². The van der Waals surface area contributed by atoms with Crippen LogP contribution in [0.5, 0.6) is 11.5 Å². The molecule has 1 aliphatic heterocycles. The molecule has 0 saturated carbocycles. The second-order valence-electron chi connectivity index (χ2n) is 7.56. The third-order valence-electron chi connectivity index (χ3n) is 5.18. The van der Waals surface area contributed by atoms with Gasteiger partial charge in [-0.2, -0.15) is 0 Å². The van der Waals surface area contributed by atoms with Crippen molar-refractivity contribution in [2.45, 2.75) is 31.7 Å². The molecule has 0 saturated heterocycles. The second kappa shape index (κ2) is 10.6. The van der Waals surface area contributed by atoms with Gasteiger partial charge in [-0.1, -0.05) is 23.8 Å². The Hall–Kier alpha value is -3.53. The van der Waals surface area contributed by atoms with E-state index in [0.717, 1.165) is 5.56 Å². The molecule has 0 spiro atoms. The zero-order valence-electron chi connectivity index (χ0n) is 19.5. The number of nitrogens with one attached hydrogen (secondary N) is 2. The summed E-state index contributed by atoms with van der Waals surface area (Å²) in [6.45, 7) is 5.83. The molecule has 0 radical (unpaired) electrons. The molecule has 9 nitrogen and oxygen atoms in total. The number of carbonyl (C=O) groups excluding carboxylic acids is 2. The summed E-state index contributed by atoms with van der Waals surface area (Å²) in [4.78, 5) is 25.6. The number of sulfone groups is 1. The normalized spacial score (nSPS) is 15.9. The molecule has 0 aromatic heterocycles. The molecule has 0 fully saturated rings. The summed E-state index contributed by atoms with van der Waals surface area (Å²) in [6.07, 6.45) is 0. The molecule has 1 atom stereocenters. The van der Waals surface area contributed by atoms with Crippen LogP contribution >= 0.6 is 0 Å². The highest BCUT2D eigenvalue weighted by Crippen LogP contribution is 2.35. The number of carbonyl (C=O) groups is 2. The van der Waals surface area contributed by atoms with Gasteiger partial charge in [-0.25, -0.2) is 18.0 Å². The SMILES string of the molecule is CCOC(=O)C1=C(CS(=O)(=O)c2ccc(C)cc2)NC(=O)N[C@H]1c1ccc(OCC)c(OC)c1. The summed E-state index contributed by atoms with van der Waals surface area (Å²) in [7, 11) is -2.39. The van der Waals surface area contributed by atoms with E-state index in [1.807, 2.05) is 13.8 Å². The van der Waals surface area contributed by atoms with E-state index in [9.17, 15) is 18.0 Å². The summed E-state index contributed by atoms with van der Waals surface area (Å²) in [5, 5.41) is 5.18. The zero-order chi connectivity index (χ0) is 24.9. The maximum Gasteiger partial charge on any atom is 0.338 e. The van der Waals surface area contributed by atoms with Crippen LogP contribution in [0, 0.1) is 6.92 Å². The minimum absolute atomic E-state index is 0.00310. The Morgan fingerprint density at radius 3 is 2.35 bits per heavy atom. The molecule has 2 N–H and O–H groups in total. The molecule has 0 aliphatic carbocycles. The van der Waals surface area contributed by atoms with E-state index in [4.69, 9.17) is 14.2 Å². The molecule has 0 bridgehead atoms. The molecular formula is C24H28N2O7S. The number of aryl methyl sites for hydroxylation is 1. The molecule has 1 aliphatic rings. The van der Waals surface area contributed by atoms with Crippen LogP contribution in [-0.2, 0) is 19.4 Å². The van der Waals surface area contributed by atoms with Gasteiger partial charge in [0.15, 0.2) is 21.3 Å². The summed E-state index contributed by atoms with van der Waals surface area (Å²) in [5.74, 6) is -0.411. The maximum atomic E-state index is 13.1. The molecule has 2 aromatic rings. The van der Waals surface area contributed by atoms with Crippen molar-refractivity contribution in [3.8, 4) is 11.5 Å². The third kappa shape index (κ3) is 5.51. The fourth-order valence-corrected chi connectivity index (χ4v) is 4.91. The van der Waals surface area contributed by atoms with Crippen LogP contribution in [0.3, 0.4) is 0 Å². The van der Waals surface area contributed by atoms with Crippen molar-refractivity contribution in [2.75, 3.05) is 26.1 Å². The van der Waals surface area contributed by atoms with Crippen LogP contribution < -0.4 is 20.1 Å². The fraction of sp³-hybridized carbons (Fsp3) is 0.333. The van der Waals surface area contributed by atoms with Crippen molar-refractivity contribution < 1.29 is 32.2 Å². The highest BCUT2D eigenvalue weighted by molar-refractivity contribution is 7.91. The summed E-state index contributed by atoms with van der Waals surface area (Å²) in [6, 6.07) is 9.73. The van der Waals surface area contributed by atoms with E-state index in [2.05, 4.69) is 10.6 Å². The molecule has 2 aromatic carbocycles. The van der Waals surface area contributed by atoms with Gasteiger partial charge < -0.3 is 24.8 Å². The predicted octanol–water partition coefficient (Wildman–Crippen LogP) is 3.05. The molecular weight excluding hydrogens is 460 g/mol. The summed E-state index contributed by atoms with van der Waals surface area (Å²) >= 11 is 0. The number of methoxy groups -OCH3 is 1. The van der Waals surface area contributed by atoms with Gasteiger partial charge in [0.05, 0.1) is 42.6 Å². The van der Waals surface area contributed by atoms with Gasteiger partial charge in [0, 0.05) is 5.70 Å². The Morgan fingerprint density at radius 1 is 1.03 bits per heavy atom. The van der Waals surface area contributed by atoms with E-state index < -0.39 is 33.6 Å². The lowest BCUT2D eigenvalue weighted by Crippen LogP contribution is -2.47. The number of benzene rings is 2. The minimum atomic E-state index is -3.87. The number of rotatable bonds is 9. The highest BCUT2D eigenvalue weighted by atomic mass is 32.2. The smallest absolute Gasteiger partial charge is 0.338 e. The average molecular weight is 489 g/mol. The first-order valence-electron chi connectivity index (χ1n) is 10.8. The first-order valence-corrected chi connectivity index (χ1v) is 12.4. The number of urea groups is 1. The Morgan fingerprint density at radius 2 is 1.74 bits per heavy atom. The number of hydrogen-bond acceptors (Lipinski definition) is 7. The van der Waals surface area contributed by atoms with Gasteiger partial charge in [-0.15, -0.1) is 0 Å². The largest absolute Gasteiger partial charge is 0.493 e. The van der Waals surface area contributed by atoms with Crippen LogP contribution in [-0.4, -0.2) is 46.5 Å². The maximum absolute atomic E-state index is 13.1. The van der Waals surface area contributed by atoms with Crippen molar-refractivity contribution in [3.63, 3.8) is 0 Å². The van der Waals surface area contributed by atoms with Crippen LogP contribution in [0.25, 0.3) is 0 Å². The van der Waals surface area contributed by atoms with Crippen LogP contribution in [0.15, 0.2) is 58.6 Å². The molecule has 10 heteroatoms. The Kier molecular flexibility index (Phi) is 7.83. The fourth-order valence-electron chi connectivity index (χ4n) is 3.59. The monoisotopic (exact) mass is 488 g/mol. The molecule has 3 rings (SSSR count). The molecule has 1 heterocycles. The van der Waals surface area contributed by atoms with Crippen molar-refractivity contribution in [1.82, 2.24) is 10.6 Å². The Labute approximate surface area is 199 Å². The van der Waals surface area contributed by atoms with Crippen molar-refractivity contribution in [3.05, 3.63) is 64.9 Å². The van der Waals surface area contributed by atoms with Crippen molar-refractivity contribution >= 4 is 21.8 Å².